The summed E-state index contributed by atoms with van der Waals surface area (Å²) in [5.41, 5.74) is 10.3. The molecule has 0 unspecified atom stereocenters. The van der Waals surface area contributed by atoms with E-state index in [1.165, 1.54) is 66.1 Å². The monoisotopic (exact) mass is 448 g/mol. The van der Waals surface area contributed by atoms with Gasteiger partial charge in [0.15, 0.2) is 0 Å². The quantitative estimate of drug-likeness (QED) is 0.238. The predicted molar refractivity (Wildman–Crippen MR) is 147 cm³/mol. The Morgan fingerprint density at radius 2 is 1.11 bits per heavy atom. The third kappa shape index (κ3) is 2.29. The molecule has 1 aliphatic heterocycles. The molecule has 1 aliphatic rings. The summed E-state index contributed by atoms with van der Waals surface area (Å²) in [6.45, 7) is 4.71. The highest BCUT2D eigenvalue weighted by atomic mass is 15.0. The van der Waals surface area contributed by atoms with Crippen LogP contribution in [0.1, 0.15) is 25.0 Å². The fourth-order valence-corrected chi connectivity index (χ4v) is 6.48. The Labute approximate surface area is 203 Å². The van der Waals surface area contributed by atoms with E-state index in [2.05, 4.69) is 132 Å². The normalized spacial score (nSPS) is 14.2. The lowest BCUT2D eigenvalue weighted by molar-refractivity contribution is 0.630. The first-order valence-electron chi connectivity index (χ1n) is 12.3. The van der Waals surface area contributed by atoms with Gasteiger partial charge in [0.05, 0.1) is 27.8 Å². The van der Waals surface area contributed by atoms with Crippen molar-refractivity contribution in [2.24, 2.45) is 0 Å². The van der Waals surface area contributed by atoms with E-state index < -0.39 is 0 Å². The molecule has 2 nitrogen and oxygen atoms in total. The Kier molecular flexibility index (Phi) is 3.50. The molecule has 35 heavy (non-hydrogen) atoms. The molecule has 0 fully saturated rings. The molecule has 0 N–H and O–H groups in total. The summed E-state index contributed by atoms with van der Waals surface area (Å²) in [5, 5.41) is 5.21. The van der Waals surface area contributed by atoms with E-state index in [1.54, 1.807) is 0 Å². The van der Waals surface area contributed by atoms with Crippen molar-refractivity contribution >= 4 is 43.6 Å². The Morgan fingerprint density at radius 1 is 0.486 bits per heavy atom. The van der Waals surface area contributed by atoms with Crippen LogP contribution in [0.25, 0.3) is 55.0 Å². The summed E-state index contributed by atoms with van der Waals surface area (Å²) in [7, 11) is 0. The van der Waals surface area contributed by atoms with E-state index in [1.807, 2.05) is 0 Å². The van der Waals surface area contributed by atoms with E-state index in [9.17, 15) is 0 Å². The summed E-state index contributed by atoms with van der Waals surface area (Å²) >= 11 is 0. The zero-order valence-corrected chi connectivity index (χ0v) is 19.8. The molecule has 0 saturated heterocycles. The number of aromatic nitrogens is 2. The molecule has 7 aromatic rings. The van der Waals surface area contributed by atoms with Gasteiger partial charge in [-0.15, -0.1) is 0 Å². The molecule has 166 valence electrons. The highest BCUT2D eigenvalue weighted by Crippen LogP contribution is 2.48. The summed E-state index contributed by atoms with van der Waals surface area (Å²) in [5.74, 6) is 0. The van der Waals surface area contributed by atoms with Crippen LogP contribution in [-0.2, 0) is 5.41 Å². The second kappa shape index (κ2) is 6.43. The summed E-state index contributed by atoms with van der Waals surface area (Å²) in [6, 6.07) is 40.1. The standard InChI is InChI=1S/C33H24N2/c1-33(2)26-15-7-9-18-29(26)35-31-19-24-22-13-6-8-17-28(22)34(21-11-4-3-5-12-21)30(24)20-25(31)23-14-10-16-27(33)32(23)35/h3-20H,1-2H3. The maximum Gasteiger partial charge on any atom is 0.0582 e. The van der Waals surface area contributed by atoms with Crippen LogP contribution in [0.3, 0.4) is 0 Å². The maximum atomic E-state index is 2.51. The second-order valence-corrected chi connectivity index (χ2v) is 10.3. The van der Waals surface area contributed by atoms with Crippen molar-refractivity contribution in [2.75, 3.05) is 0 Å². The van der Waals surface area contributed by atoms with Gasteiger partial charge in [-0.2, -0.15) is 0 Å². The van der Waals surface area contributed by atoms with E-state index in [0.717, 1.165) is 0 Å². The zero-order valence-electron chi connectivity index (χ0n) is 19.8. The third-order valence-electron chi connectivity index (χ3n) is 8.09. The molecule has 8 rings (SSSR count). The fraction of sp³-hybridized carbons (Fsp3) is 0.0909. The van der Waals surface area contributed by atoms with Crippen LogP contribution in [0.2, 0.25) is 0 Å². The van der Waals surface area contributed by atoms with Crippen molar-refractivity contribution < 1.29 is 0 Å². The van der Waals surface area contributed by atoms with E-state index in [4.69, 9.17) is 0 Å². The molecule has 0 spiro atoms. The molecule has 2 aromatic heterocycles. The molecular weight excluding hydrogens is 424 g/mol. The van der Waals surface area contributed by atoms with Crippen molar-refractivity contribution in [2.45, 2.75) is 19.3 Å². The topological polar surface area (TPSA) is 9.86 Å². The van der Waals surface area contributed by atoms with Crippen LogP contribution < -0.4 is 0 Å². The minimum Gasteiger partial charge on any atom is -0.309 e. The number of rotatable bonds is 1. The molecular formula is C33H24N2. The third-order valence-corrected chi connectivity index (χ3v) is 8.09. The number of para-hydroxylation sites is 4. The van der Waals surface area contributed by atoms with Crippen molar-refractivity contribution in [3.63, 3.8) is 0 Å². The van der Waals surface area contributed by atoms with Crippen molar-refractivity contribution in [3.8, 4) is 11.4 Å². The minimum atomic E-state index is -0.0497. The molecule has 0 atom stereocenters. The highest BCUT2D eigenvalue weighted by Gasteiger charge is 2.34. The van der Waals surface area contributed by atoms with Gasteiger partial charge in [0, 0.05) is 32.6 Å². The lowest BCUT2D eigenvalue weighted by atomic mass is 9.75. The summed E-state index contributed by atoms with van der Waals surface area (Å²) < 4.78 is 4.92. The van der Waals surface area contributed by atoms with Crippen LogP contribution >= 0.6 is 0 Å². The molecule has 0 radical (unpaired) electrons. The molecule has 5 aromatic carbocycles. The number of fused-ring (bicyclic) bond motifs is 8. The number of nitrogens with zero attached hydrogens (tertiary/aromatic N) is 2. The lowest BCUT2D eigenvalue weighted by Crippen LogP contribution is -2.26. The lowest BCUT2D eigenvalue weighted by Gasteiger charge is -2.34. The molecule has 3 heterocycles. The van der Waals surface area contributed by atoms with Crippen LogP contribution in [0, 0.1) is 0 Å². The molecule has 2 heteroatoms. The molecule has 0 bridgehead atoms. The van der Waals surface area contributed by atoms with Gasteiger partial charge in [-0.05, 0) is 47.5 Å². The molecule has 0 saturated carbocycles. The number of benzene rings is 5. The van der Waals surface area contributed by atoms with Gasteiger partial charge in [-0.3, -0.25) is 0 Å². The first-order chi connectivity index (χ1) is 17.1. The van der Waals surface area contributed by atoms with Gasteiger partial charge < -0.3 is 9.13 Å². The smallest absolute Gasteiger partial charge is 0.0582 e. The van der Waals surface area contributed by atoms with Crippen LogP contribution in [-0.4, -0.2) is 9.13 Å². The predicted octanol–water partition coefficient (Wildman–Crippen LogP) is 8.52. The summed E-state index contributed by atoms with van der Waals surface area (Å²) in [4.78, 5) is 0. The molecule has 0 aliphatic carbocycles. The van der Waals surface area contributed by atoms with Gasteiger partial charge in [-0.1, -0.05) is 86.6 Å². The van der Waals surface area contributed by atoms with Gasteiger partial charge in [0.2, 0.25) is 0 Å². The Bertz CT molecular complexity index is 1970. The van der Waals surface area contributed by atoms with Gasteiger partial charge >= 0.3 is 0 Å². The minimum absolute atomic E-state index is 0.0497. The number of hydrogen-bond acceptors (Lipinski definition) is 0. The largest absolute Gasteiger partial charge is 0.309 e. The maximum absolute atomic E-state index is 2.51. The van der Waals surface area contributed by atoms with E-state index in [0.29, 0.717) is 0 Å². The fourth-order valence-electron chi connectivity index (χ4n) is 6.48. The van der Waals surface area contributed by atoms with Gasteiger partial charge in [0.1, 0.15) is 0 Å². The molecule has 0 amide bonds. The number of hydrogen-bond donors (Lipinski definition) is 0. The van der Waals surface area contributed by atoms with Crippen LogP contribution in [0.15, 0.2) is 109 Å². The first-order valence-corrected chi connectivity index (χ1v) is 12.3. The Morgan fingerprint density at radius 3 is 1.97 bits per heavy atom. The van der Waals surface area contributed by atoms with E-state index >= 15 is 0 Å². The highest BCUT2D eigenvalue weighted by molar-refractivity contribution is 6.19. The van der Waals surface area contributed by atoms with Crippen molar-refractivity contribution in [1.82, 2.24) is 9.13 Å². The van der Waals surface area contributed by atoms with Crippen molar-refractivity contribution in [1.29, 1.82) is 0 Å². The van der Waals surface area contributed by atoms with Gasteiger partial charge in [-0.25, -0.2) is 0 Å². The van der Waals surface area contributed by atoms with Crippen LogP contribution in [0.5, 0.6) is 0 Å². The van der Waals surface area contributed by atoms with Crippen LogP contribution in [0.4, 0.5) is 0 Å². The second-order valence-electron chi connectivity index (χ2n) is 10.3. The first kappa shape index (κ1) is 19.1. The zero-order chi connectivity index (χ0) is 23.3. The summed E-state index contributed by atoms with van der Waals surface area (Å²) in [6.07, 6.45) is 0. The van der Waals surface area contributed by atoms with Gasteiger partial charge in [0.25, 0.3) is 0 Å². The SMILES string of the molecule is CC1(C)c2ccccc2-n2c3cc4c5ccccc5n(-c5ccccc5)c4cc3c3cccc1c32. The Balaban J connectivity index is 1.62. The van der Waals surface area contributed by atoms with Crippen molar-refractivity contribution in [3.05, 3.63) is 120 Å². The Hall–Kier alpha value is -4.30. The average Bonchev–Trinajstić information content (AvgIpc) is 3.39. The average molecular weight is 449 g/mol. The van der Waals surface area contributed by atoms with E-state index in [-0.39, 0.29) is 5.41 Å².